The van der Waals surface area contributed by atoms with E-state index in [0.29, 0.717) is 42.7 Å². The topological polar surface area (TPSA) is 90.6 Å². The molecule has 8 nitrogen and oxygen atoms in total. The van der Waals surface area contributed by atoms with Crippen LogP contribution >= 0.6 is 0 Å². The molecule has 31 heavy (non-hydrogen) atoms. The maximum atomic E-state index is 12.8. The first kappa shape index (κ1) is 19.7. The maximum absolute atomic E-state index is 12.8. The number of amides is 1. The Labute approximate surface area is 180 Å². The van der Waals surface area contributed by atoms with Crippen molar-refractivity contribution in [3.05, 3.63) is 58.7 Å². The lowest BCUT2D eigenvalue weighted by Crippen LogP contribution is -2.39. The van der Waals surface area contributed by atoms with Crippen molar-refractivity contribution in [3.8, 4) is 17.1 Å². The van der Waals surface area contributed by atoms with Crippen LogP contribution < -0.4 is 4.74 Å². The Morgan fingerprint density at radius 3 is 2.77 bits per heavy atom. The van der Waals surface area contributed by atoms with Crippen LogP contribution in [0, 0.1) is 13.8 Å². The molecule has 0 N–H and O–H groups in total. The van der Waals surface area contributed by atoms with Crippen molar-refractivity contribution < 1.29 is 18.8 Å². The molecule has 3 aromatic heterocycles. The van der Waals surface area contributed by atoms with Crippen LogP contribution in [0.25, 0.3) is 11.3 Å². The summed E-state index contributed by atoms with van der Waals surface area (Å²) >= 11 is 0. The zero-order valence-electron chi connectivity index (χ0n) is 17.6. The molecule has 0 aromatic carbocycles. The van der Waals surface area contributed by atoms with Gasteiger partial charge >= 0.3 is 0 Å². The van der Waals surface area contributed by atoms with Crippen molar-refractivity contribution in [1.29, 1.82) is 0 Å². The van der Waals surface area contributed by atoms with E-state index in [1.165, 1.54) is 0 Å². The fourth-order valence-electron chi connectivity index (χ4n) is 4.12. The molecule has 0 bridgehead atoms. The highest BCUT2D eigenvalue weighted by molar-refractivity contribution is 5.98. The van der Waals surface area contributed by atoms with E-state index in [9.17, 15) is 4.79 Å². The standard InChI is InChI=1S/C23H24N4O4/c1-14-3-4-16(10-24-14)22-20(15(2)31-26-22)13-30-21-9-17-12-27(18-5-7-29-8-6-18)23(28)19(17)11-25-21/h3-4,9-11,18H,5-8,12-13H2,1-2H3. The Kier molecular flexibility index (Phi) is 5.15. The van der Waals surface area contributed by atoms with Crippen LogP contribution in [0.1, 0.15) is 45.8 Å². The number of hydrogen-bond acceptors (Lipinski definition) is 7. The molecule has 2 aliphatic heterocycles. The summed E-state index contributed by atoms with van der Waals surface area (Å²) in [7, 11) is 0. The van der Waals surface area contributed by atoms with Gasteiger partial charge in [-0.3, -0.25) is 9.78 Å². The highest BCUT2D eigenvalue weighted by atomic mass is 16.5. The van der Waals surface area contributed by atoms with Gasteiger partial charge in [0.1, 0.15) is 18.1 Å². The molecule has 3 aromatic rings. The summed E-state index contributed by atoms with van der Waals surface area (Å²) in [6.07, 6.45) is 5.15. The van der Waals surface area contributed by atoms with E-state index in [0.717, 1.165) is 35.2 Å². The van der Waals surface area contributed by atoms with Crippen LogP contribution in [-0.2, 0) is 17.9 Å². The summed E-state index contributed by atoms with van der Waals surface area (Å²) in [5, 5.41) is 4.18. The molecular weight excluding hydrogens is 396 g/mol. The summed E-state index contributed by atoms with van der Waals surface area (Å²) in [6.45, 7) is 6.06. The predicted octanol–water partition coefficient (Wildman–Crippen LogP) is 3.46. The smallest absolute Gasteiger partial charge is 0.256 e. The summed E-state index contributed by atoms with van der Waals surface area (Å²) in [6, 6.07) is 5.99. The van der Waals surface area contributed by atoms with Crippen LogP contribution in [-0.4, -0.2) is 45.2 Å². The van der Waals surface area contributed by atoms with Crippen LogP contribution in [0.2, 0.25) is 0 Å². The number of aromatic nitrogens is 3. The van der Waals surface area contributed by atoms with E-state index in [1.807, 2.05) is 36.9 Å². The quantitative estimate of drug-likeness (QED) is 0.624. The summed E-state index contributed by atoms with van der Waals surface area (Å²) in [5.41, 5.74) is 4.99. The van der Waals surface area contributed by atoms with Gasteiger partial charge < -0.3 is 18.9 Å². The van der Waals surface area contributed by atoms with Gasteiger partial charge in [-0.25, -0.2) is 4.98 Å². The minimum absolute atomic E-state index is 0.0463. The average molecular weight is 420 g/mol. The predicted molar refractivity (Wildman–Crippen MR) is 111 cm³/mol. The second-order valence-corrected chi connectivity index (χ2v) is 8.00. The van der Waals surface area contributed by atoms with E-state index < -0.39 is 0 Å². The number of rotatable bonds is 5. The monoisotopic (exact) mass is 420 g/mol. The molecule has 1 saturated heterocycles. The molecule has 5 rings (SSSR count). The van der Waals surface area contributed by atoms with Crippen LogP contribution in [0.4, 0.5) is 0 Å². The van der Waals surface area contributed by atoms with Crippen LogP contribution in [0.5, 0.6) is 5.88 Å². The number of pyridine rings is 2. The van der Waals surface area contributed by atoms with Crippen molar-refractivity contribution in [2.75, 3.05) is 13.2 Å². The largest absolute Gasteiger partial charge is 0.473 e. The zero-order chi connectivity index (χ0) is 21.4. The SMILES string of the molecule is Cc1ccc(-c2noc(C)c2COc2cc3c(cn2)C(=O)N(C2CCOCC2)C3)cn1. The van der Waals surface area contributed by atoms with E-state index in [1.54, 1.807) is 12.4 Å². The third kappa shape index (κ3) is 3.79. The fourth-order valence-corrected chi connectivity index (χ4v) is 4.12. The van der Waals surface area contributed by atoms with Gasteiger partial charge in [-0.2, -0.15) is 0 Å². The summed E-state index contributed by atoms with van der Waals surface area (Å²) in [5.74, 6) is 1.22. The van der Waals surface area contributed by atoms with Gasteiger partial charge in [0.05, 0.1) is 11.1 Å². The lowest BCUT2D eigenvalue weighted by molar-refractivity contribution is 0.0303. The summed E-state index contributed by atoms with van der Waals surface area (Å²) < 4.78 is 16.8. The number of carbonyl (C=O) groups excluding carboxylic acids is 1. The van der Waals surface area contributed by atoms with Gasteiger partial charge in [-0.1, -0.05) is 5.16 Å². The molecule has 0 aliphatic carbocycles. The van der Waals surface area contributed by atoms with E-state index >= 15 is 0 Å². The second kappa shape index (κ2) is 8.11. The van der Waals surface area contributed by atoms with Gasteiger partial charge in [0.2, 0.25) is 5.88 Å². The molecule has 8 heteroatoms. The van der Waals surface area contributed by atoms with Crippen molar-refractivity contribution in [2.45, 2.75) is 45.9 Å². The molecule has 5 heterocycles. The van der Waals surface area contributed by atoms with Crippen molar-refractivity contribution in [3.63, 3.8) is 0 Å². The number of hydrogen-bond donors (Lipinski definition) is 0. The Hall–Kier alpha value is -3.26. The van der Waals surface area contributed by atoms with E-state index in [2.05, 4.69) is 15.1 Å². The zero-order valence-corrected chi connectivity index (χ0v) is 17.6. The Morgan fingerprint density at radius 1 is 1.16 bits per heavy atom. The third-order valence-corrected chi connectivity index (χ3v) is 5.96. The first-order chi connectivity index (χ1) is 15.1. The highest BCUT2D eigenvalue weighted by Gasteiger charge is 2.34. The molecule has 0 atom stereocenters. The number of aryl methyl sites for hydroxylation is 2. The molecule has 1 amide bonds. The minimum Gasteiger partial charge on any atom is -0.473 e. The first-order valence-electron chi connectivity index (χ1n) is 10.5. The highest BCUT2D eigenvalue weighted by Crippen LogP contribution is 2.30. The molecule has 0 saturated carbocycles. The average Bonchev–Trinajstić information content (AvgIpc) is 3.33. The molecule has 0 radical (unpaired) electrons. The lowest BCUT2D eigenvalue weighted by Gasteiger charge is -2.30. The molecule has 160 valence electrons. The molecular formula is C23H24N4O4. The van der Waals surface area contributed by atoms with Gasteiger partial charge in [0.25, 0.3) is 5.91 Å². The number of nitrogens with zero attached hydrogens (tertiary/aromatic N) is 4. The number of fused-ring (bicyclic) bond motifs is 1. The number of ether oxygens (including phenoxy) is 2. The number of carbonyl (C=O) groups is 1. The maximum Gasteiger partial charge on any atom is 0.256 e. The molecule has 0 spiro atoms. The van der Waals surface area contributed by atoms with Crippen molar-refractivity contribution in [1.82, 2.24) is 20.0 Å². The Balaban J connectivity index is 1.32. The third-order valence-electron chi connectivity index (χ3n) is 5.96. The lowest BCUT2D eigenvalue weighted by atomic mass is 10.1. The Bertz CT molecular complexity index is 1100. The fraction of sp³-hybridized carbons (Fsp3) is 0.391. The van der Waals surface area contributed by atoms with Gasteiger partial charge in [0, 0.05) is 55.5 Å². The van der Waals surface area contributed by atoms with E-state index in [4.69, 9.17) is 14.0 Å². The second-order valence-electron chi connectivity index (χ2n) is 8.00. The molecule has 1 fully saturated rings. The van der Waals surface area contributed by atoms with Crippen molar-refractivity contribution in [2.24, 2.45) is 0 Å². The molecule has 0 unspecified atom stereocenters. The van der Waals surface area contributed by atoms with Gasteiger partial charge in [-0.05, 0) is 44.4 Å². The van der Waals surface area contributed by atoms with Crippen LogP contribution in [0.3, 0.4) is 0 Å². The van der Waals surface area contributed by atoms with E-state index in [-0.39, 0.29) is 18.6 Å². The minimum atomic E-state index is 0.0463. The summed E-state index contributed by atoms with van der Waals surface area (Å²) in [4.78, 5) is 23.4. The normalized spacial score (nSPS) is 16.6. The van der Waals surface area contributed by atoms with Gasteiger partial charge in [-0.15, -0.1) is 0 Å². The first-order valence-corrected chi connectivity index (χ1v) is 10.5. The Morgan fingerprint density at radius 2 is 2.00 bits per heavy atom. The van der Waals surface area contributed by atoms with Crippen molar-refractivity contribution >= 4 is 5.91 Å². The van der Waals surface area contributed by atoms with Gasteiger partial charge in [0.15, 0.2) is 0 Å². The van der Waals surface area contributed by atoms with Crippen LogP contribution in [0.15, 0.2) is 35.1 Å². The molecule has 2 aliphatic rings.